The molecule has 3 nitrogen and oxygen atoms in total. The standard InChI is InChI=1S/C14H10BrClN2O/c1-19-14-5-4-11(7-12(14)16)18-13-6-10(15)3-2-9(13)8-17/h2-7,18H,1H3. The predicted molar refractivity (Wildman–Crippen MR) is 80.1 cm³/mol. The summed E-state index contributed by atoms with van der Waals surface area (Å²) < 4.78 is 5.99. The number of hydrogen-bond donors (Lipinski definition) is 1. The van der Waals surface area contributed by atoms with Gasteiger partial charge in [0, 0.05) is 10.2 Å². The molecule has 0 bridgehead atoms. The zero-order valence-electron chi connectivity index (χ0n) is 10.1. The van der Waals surface area contributed by atoms with Crippen LogP contribution >= 0.6 is 27.5 Å². The molecule has 0 aliphatic carbocycles. The van der Waals surface area contributed by atoms with E-state index >= 15 is 0 Å². The van der Waals surface area contributed by atoms with Gasteiger partial charge in [-0.2, -0.15) is 5.26 Å². The highest BCUT2D eigenvalue weighted by Crippen LogP contribution is 2.30. The second-order valence-corrected chi connectivity index (χ2v) is 5.10. The average Bonchev–Trinajstić information content (AvgIpc) is 2.39. The van der Waals surface area contributed by atoms with Gasteiger partial charge in [-0.25, -0.2) is 0 Å². The molecule has 0 atom stereocenters. The summed E-state index contributed by atoms with van der Waals surface area (Å²) in [6.45, 7) is 0. The molecule has 96 valence electrons. The number of benzene rings is 2. The van der Waals surface area contributed by atoms with E-state index in [0.29, 0.717) is 16.3 Å². The molecule has 0 amide bonds. The second-order valence-electron chi connectivity index (χ2n) is 3.78. The van der Waals surface area contributed by atoms with Crippen molar-refractivity contribution in [2.45, 2.75) is 0 Å². The minimum absolute atomic E-state index is 0.515. The van der Waals surface area contributed by atoms with Gasteiger partial charge in [0.2, 0.25) is 0 Å². The van der Waals surface area contributed by atoms with Gasteiger partial charge in [-0.3, -0.25) is 0 Å². The molecule has 2 aromatic carbocycles. The number of nitrogens with zero attached hydrogens (tertiary/aromatic N) is 1. The fourth-order valence-electron chi connectivity index (χ4n) is 1.62. The number of anilines is 2. The zero-order chi connectivity index (χ0) is 13.8. The van der Waals surface area contributed by atoms with Crippen LogP contribution in [0.4, 0.5) is 11.4 Å². The summed E-state index contributed by atoms with van der Waals surface area (Å²) in [6.07, 6.45) is 0. The first-order valence-corrected chi connectivity index (χ1v) is 6.61. The second kappa shape index (κ2) is 5.96. The predicted octanol–water partition coefficient (Wildman–Crippen LogP) is 4.73. The summed E-state index contributed by atoms with van der Waals surface area (Å²) in [5.74, 6) is 0.613. The molecule has 0 fully saturated rings. The molecule has 2 rings (SSSR count). The van der Waals surface area contributed by atoms with Gasteiger partial charge in [-0.05, 0) is 36.4 Å². The Morgan fingerprint density at radius 2 is 2.05 bits per heavy atom. The average molecular weight is 338 g/mol. The van der Waals surface area contributed by atoms with E-state index in [0.717, 1.165) is 15.8 Å². The molecule has 0 spiro atoms. The highest BCUT2D eigenvalue weighted by molar-refractivity contribution is 9.10. The number of hydrogen-bond acceptors (Lipinski definition) is 3. The van der Waals surface area contributed by atoms with Gasteiger partial charge < -0.3 is 10.1 Å². The van der Waals surface area contributed by atoms with Crippen LogP contribution in [0.1, 0.15) is 5.56 Å². The number of ether oxygens (including phenoxy) is 1. The number of rotatable bonds is 3. The fraction of sp³-hybridized carbons (Fsp3) is 0.0714. The maximum atomic E-state index is 9.07. The third-order valence-corrected chi connectivity index (χ3v) is 3.32. The minimum Gasteiger partial charge on any atom is -0.495 e. The van der Waals surface area contributed by atoms with E-state index in [2.05, 4.69) is 27.3 Å². The van der Waals surface area contributed by atoms with E-state index in [4.69, 9.17) is 21.6 Å². The Morgan fingerprint density at radius 3 is 2.68 bits per heavy atom. The number of halogens is 2. The smallest absolute Gasteiger partial charge is 0.137 e. The van der Waals surface area contributed by atoms with Crippen molar-refractivity contribution < 1.29 is 4.74 Å². The monoisotopic (exact) mass is 336 g/mol. The molecule has 0 unspecified atom stereocenters. The van der Waals surface area contributed by atoms with E-state index in [9.17, 15) is 0 Å². The molecule has 19 heavy (non-hydrogen) atoms. The largest absolute Gasteiger partial charge is 0.495 e. The minimum atomic E-state index is 0.515. The molecule has 0 aliphatic heterocycles. The number of methoxy groups -OCH3 is 1. The van der Waals surface area contributed by atoms with Crippen molar-refractivity contribution >= 4 is 38.9 Å². The fourth-order valence-corrected chi connectivity index (χ4v) is 2.24. The van der Waals surface area contributed by atoms with Crippen LogP contribution in [0.15, 0.2) is 40.9 Å². The Hall–Kier alpha value is -1.70. The third kappa shape index (κ3) is 3.19. The highest BCUT2D eigenvalue weighted by atomic mass is 79.9. The van der Waals surface area contributed by atoms with Crippen LogP contribution in [-0.4, -0.2) is 7.11 Å². The summed E-state index contributed by atoms with van der Waals surface area (Å²) in [7, 11) is 1.57. The topological polar surface area (TPSA) is 45.0 Å². The van der Waals surface area contributed by atoms with Gasteiger partial charge in [-0.1, -0.05) is 27.5 Å². The Bertz CT molecular complexity index is 652. The Morgan fingerprint density at radius 1 is 1.26 bits per heavy atom. The molecule has 0 radical (unpaired) electrons. The maximum Gasteiger partial charge on any atom is 0.137 e. The molecule has 0 heterocycles. The summed E-state index contributed by atoms with van der Waals surface area (Å²) in [5, 5.41) is 12.8. The Kier molecular flexibility index (Phi) is 4.31. The SMILES string of the molecule is COc1ccc(Nc2cc(Br)ccc2C#N)cc1Cl. The van der Waals surface area contributed by atoms with Crippen molar-refractivity contribution in [3.63, 3.8) is 0 Å². The lowest BCUT2D eigenvalue weighted by molar-refractivity contribution is 0.415. The van der Waals surface area contributed by atoms with Crippen molar-refractivity contribution in [2.24, 2.45) is 0 Å². The van der Waals surface area contributed by atoms with Gasteiger partial charge >= 0.3 is 0 Å². The summed E-state index contributed by atoms with van der Waals surface area (Å²) in [4.78, 5) is 0. The first-order valence-electron chi connectivity index (χ1n) is 5.44. The first-order chi connectivity index (χ1) is 9.13. The lowest BCUT2D eigenvalue weighted by Crippen LogP contribution is -1.94. The van der Waals surface area contributed by atoms with Crippen LogP contribution in [0.25, 0.3) is 0 Å². The molecular formula is C14H10BrClN2O. The van der Waals surface area contributed by atoms with E-state index in [-0.39, 0.29) is 0 Å². The van der Waals surface area contributed by atoms with Crippen LogP contribution in [0.5, 0.6) is 5.75 Å². The van der Waals surface area contributed by atoms with E-state index in [1.807, 2.05) is 18.2 Å². The van der Waals surface area contributed by atoms with Crippen molar-refractivity contribution in [1.29, 1.82) is 5.26 Å². The summed E-state index contributed by atoms with van der Waals surface area (Å²) in [6, 6.07) is 12.9. The van der Waals surface area contributed by atoms with Gasteiger partial charge in [0.05, 0.1) is 23.4 Å². The lowest BCUT2D eigenvalue weighted by Gasteiger charge is -2.10. The molecule has 5 heteroatoms. The van der Waals surface area contributed by atoms with Gasteiger partial charge in [-0.15, -0.1) is 0 Å². The van der Waals surface area contributed by atoms with E-state index in [1.165, 1.54) is 0 Å². The molecule has 0 aliphatic rings. The third-order valence-electron chi connectivity index (χ3n) is 2.53. The van der Waals surface area contributed by atoms with Crippen LogP contribution < -0.4 is 10.1 Å². The van der Waals surface area contributed by atoms with Crippen molar-refractivity contribution in [3.05, 3.63) is 51.5 Å². The van der Waals surface area contributed by atoms with E-state index < -0.39 is 0 Å². The van der Waals surface area contributed by atoms with Crippen molar-refractivity contribution in [3.8, 4) is 11.8 Å². The Labute approximate surface area is 124 Å². The Balaban J connectivity index is 2.34. The van der Waals surface area contributed by atoms with E-state index in [1.54, 1.807) is 25.3 Å². The lowest BCUT2D eigenvalue weighted by atomic mass is 10.2. The quantitative estimate of drug-likeness (QED) is 0.881. The van der Waals surface area contributed by atoms with Crippen molar-refractivity contribution in [2.75, 3.05) is 12.4 Å². The summed E-state index contributed by atoms with van der Waals surface area (Å²) >= 11 is 9.44. The maximum absolute atomic E-state index is 9.07. The normalized spacial score (nSPS) is 9.79. The molecule has 2 aromatic rings. The zero-order valence-corrected chi connectivity index (χ0v) is 12.4. The molecular weight excluding hydrogens is 328 g/mol. The molecule has 0 saturated carbocycles. The van der Waals surface area contributed by atoms with Crippen LogP contribution in [-0.2, 0) is 0 Å². The molecule has 0 saturated heterocycles. The molecule has 0 aromatic heterocycles. The van der Waals surface area contributed by atoms with Crippen molar-refractivity contribution in [1.82, 2.24) is 0 Å². The number of nitrogens with one attached hydrogen (secondary N) is 1. The summed E-state index contributed by atoms with van der Waals surface area (Å²) in [5.41, 5.74) is 2.08. The van der Waals surface area contributed by atoms with Crippen LogP contribution in [0.2, 0.25) is 5.02 Å². The number of nitriles is 1. The van der Waals surface area contributed by atoms with Gasteiger partial charge in [0.25, 0.3) is 0 Å². The first kappa shape index (κ1) is 13.7. The van der Waals surface area contributed by atoms with Crippen LogP contribution in [0.3, 0.4) is 0 Å². The van der Waals surface area contributed by atoms with Gasteiger partial charge in [0.15, 0.2) is 0 Å². The van der Waals surface area contributed by atoms with Gasteiger partial charge in [0.1, 0.15) is 11.8 Å². The van der Waals surface area contributed by atoms with Crippen LogP contribution in [0, 0.1) is 11.3 Å². The molecule has 1 N–H and O–H groups in total. The highest BCUT2D eigenvalue weighted by Gasteiger charge is 2.06.